The third-order valence-electron chi connectivity index (χ3n) is 5.31. The third-order valence-corrected chi connectivity index (χ3v) is 5.31. The van der Waals surface area contributed by atoms with Gasteiger partial charge in [-0.1, -0.05) is 0 Å². The van der Waals surface area contributed by atoms with Gasteiger partial charge >= 0.3 is 6.18 Å². The van der Waals surface area contributed by atoms with Crippen molar-refractivity contribution in [3.8, 4) is 17.0 Å². The lowest BCUT2D eigenvalue weighted by Gasteiger charge is -2.31. The molecule has 0 saturated heterocycles. The van der Waals surface area contributed by atoms with Crippen molar-refractivity contribution in [2.24, 2.45) is 12.8 Å². The van der Waals surface area contributed by atoms with Crippen LogP contribution < -0.4 is 15.8 Å². The van der Waals surface area contributed by atoms with Crippen LogP contribution >= 0.6 is 0 Å². The maximum atomic E-state index is 14.3. The van der Waals surface area contributed by atoms with Crippen molar-refractivity contribution >= 4 is 11.8 Å². The number of hydrogen-bond donors (Lipinski definition) is 3. The van der Waals surface area contributed by atoms with Crippen LogP contribution in [-0.2, 0) is 23.9 Å². The molecule has 4 N–H and O–H groups in total. The van der Waals surface area contributed by atoms with E-state index in [1.807, 2.05) is 0 Å². The van der Waals surface area contributed by atoms with Gasteiger partial charge in [-0.05, 0) is 43.3 Å². The first-order chi connectivity index (χ1) is 16.9. The van der Waals surface area contributed by atoms with Crippen molar-refractivity contribution in [2.45, 2.75) is 25.1 Å². The van der Waals surface area contributed by atoms with Crippen molar-refractivity contribution in [1.29, 1.82) is 0 Å². The van der Waals surface area contributed by atoms with Gasteiger partial charge in [-0.25, -0.2) is 9.37 Å². The predicted octanol–water partition coefficient (Wildman–Crippen LogP) is 2.83. The molecule has 1 aromatic carbocycles. The van der Waals surface area contributed by atoms with E-state index < -0.39 is 48.1 Å². The lowest BCUT2D eigenvalue weighted by molar-refractivity contribution is -0.265. The fraction of sp³-hybridized carbons (Fsp3) is 0.292. The topological polar surface area (TPSA) is 119 Å². The summed E-state index contributed by atoms with van der Waals surface area (Å²) in [5.74, 6) is -2.35. The van der Waals surface area contributed by atoms with E-state index in [0.29, 0.717) is 0 Å². The molecule has 0 spiro atoms. The standard InChI is InChI=1S/C24H24F4N4O4/c1-3-36-21-16(11-19(29)33)10-18(31-20(21)14-4-6-17(25)7-5-14)23(35,24(26,27)28)13-30-22(34)15-8-9-32(2)12-15/h4-10,12,35H,3,11,13H2,1-2H3,(H2,29,33)(H,30,34)/t23-/m0/s1. The summed E-state index contributed by atoms with van der Waals surface area (Å²) in [6, 6.07) is 6.94. The van der Waals surface area contributed by atoms with Crippen LogP contribution in [0.2, 0.25) is 0 Å². The molecule has 192 valence electrons. The van der Waals surface area contributed by atoms with E-state index in [-0.39, 0.29) is 34.7 Å². The lowest BCUT2D eigenvalue weighted by atomic mass is 9.93. The van der Waals surface area contributed by atoms with Gasteiger partial charge in [0.1, 0.15) is 17.3 Å². The van der Waals surface area contributed by atoms with E-state index in [1.165, 1.54) is 35.2 Å². The summed E-state index contributed by atoms with van der Waals surface area (Å²) < 4.78 is 63.4. The Labute approximate surface area is 203 Å². The van der Waals surface area contributed by atoms with Crippen LogP contribution in [0.15, 0.2) is 48.8 Å². The minimum absolute atomic E-state index is 0.0375. The van der Waals surface area contributed by atoms with Crippen LogP contribution in [0.3, 0.4) is 0 Å². The molecule has 3 aromatic rings. The number of primary amides is 1. The van der Waals surface area contributed by atoms with Gasteiger partial charge < -0.3 is 25.5 Å². The molecular formula is C24H24F4N4O4. The Bertz CT molecular complexity index is 1260. The van der Waals surface area contributed by atoms with Crippen molar-refractivity contribution in [1.82, 2.24) is 14.9 Å². The highest BCUT2D eigenvalue weighted by Crippen LogP contribution is 2.42. The molecule has 2 heterocycles. The van der Waals surface area contributed by atoms with Crippen molar-refractivity contribution in [3.05, 3.63) is 71.4 Å². The van der Waals surface area contributed by atoms with Crippen LogP contribution in [0.25, 0.3) is 11.3 Å². The van der Waals surface area contributed by atoms with Gasteiger partial charge in [-0.2, -0.15) is 13.2 Å². The number of nitrogens with zero attached hydrogens (tertiary/aromatic N) is 2. The molecule has 0 aliphatic heterocycles. The molecule has 0 fully saturated rings. The van der Waals surface area contributed by atoms with Gasteiger partial charge in [0, 0.05) is 30.6 Å². The van der Waals surface area contributed by atoms with Crippen LogP contribution in [0.4, 0.5) is 17.6 Å². The van der Waals surface area contributed by atoms with Crippen LogP contribution in [0.1, 0.15) is 28.5 Å². The quantitative estimate of drug-likeness (QED) is 0.384. The number of nitrogens with two attached hydrogens (primary N) is 1. The Kier molecular flexibility index (Phi) is 7.68. The predicted molar refractivity (Wildman–Crippen MR) is 121 cm³/mol. The lowest BCUT2D eigenvalue weighted by Crippen LogP contribution is -2.51. The van der Waals surface area contributed by atoms with Gasteiger partial charge in [0.05, 0.1) is 30.8 Å². The fourth-order valence-corrected chi connectivity index (χ4v) is 3.51. The average Bonchev–Trinajstić information content (AvgIpc) is 3.24. The number of rotatable bonds is 9. The summed E-state index contributed by atoms with van der Waals surface area (Å²) in [5, 5.41) is 13.0. The second kappa shape index (κ2) is 10.4. The summed E-state index contributed by atoms with van der Waals surface area (Å²) in [7, 11) is 1.63. The molecule has 0 saturated carbocycles. The maximum Gasteiger partial charge on any atom is 0.424 e. The average molecular weight is 508 g/mol. The van der Waals surface area contributed by atoms with Crippen LogP contribution in [-0.4, -0.2) is 45.8 Å². The van der Waals surface area contributed by atoms with E-state index in [2.05, 4.69) is 10.3 Å². The Morgan fingerprint density at radius 3 is 2.39 bits per heavy atom. The number of hydrogen-bond acceptors (Lipinski definition) is 5. The Hall–Kier alpha value is -3.93. The first-order valence-corrected chi connectivity index (χ1v) is 10.8. The maximum absolute atomic E-state index is 14.3. The number of ether oxygens (including phenoxy) is 1. The van der Waals surface area contributed by atoms with Gasteiger partial charge in [0.25, 0.3) is 5.91 Å². The first kappa shape index (κ1) is 26.7. The highest BCUT2D eigenvalue weighted by atomic mass is 19.4. The number of benzene rings is 1. The van der Waals surface area contributed by atoms with Gasteiger partial charge in [0.15, 0.2) is 0 Å². The van der Waals surface area contributed by atoms with Crippen molar-refractivity contribution in [2.75, 3.05) is 13.2 Å². The Balaban J connectivity index is 2.16. The molecule has 0 aliphatic carbocycles. The normalized spacial score (nSPS) is 13.2. The molecule has 0 unspecified atom stereocenters. The largest absolute Gasteiger partial charge is 0.491 e. The molecule has 8 nitrogen and oxygen atoms in total. The Morgan fingerprint density at radius 2 is 1.86 bits per heavy atom. The summed E-state index contributed by atoms with van der Waals surface area (Å²) in [4.78, 5) is 28.1. The SMILES string of the molecule is CCOc1c(CC(N)=O)cc([C@@](O)(CNC(=O)c2ccn(C)c2)C(F)(F)F)nc1-c1ccc(F)cc1. The van der Waals surface area contributed by atoms with Gasteiger partial charge in [-0.15, -0.1) is 0 Å². The van der Waals surface area contributed by atoms with Gasteiger partial charge in [-0.3, -0.25) is 9.59 Å². The second-order valence-electron chi connectivity index (χ2n) is 8.03. The first-order valence-electron chi connectivity index (χ1n) is 10.8. The molecular weight excluding hydrogens is 484 g/mol. The smallest absolute Gasteiger partial charge is 0.424 e. The Morgan fingerprint density at radius 1 is 1.19 bits per heavy atom. The zero-order chi connectivity index (χ0) is 26.7. The molecule has 0 bridgehead atoms. The molecule has 36 heavy (non-hydrogen) atoms. The number of aromatic nitrogens is 2. The molecule has 2 amide bonds. The summed E-state index contributed by atoms with van der Waals surface area (Å²) in [6.07, 6.45) is -2.89. The molecule has 12 heteroatoms. The highest BCUT2D eigenvalue weighted by Gasteiger charge is 2.56. The number of amides is 2. The van der Waals surface area contributed by atoms with Crippen molar-refractivity contribution < 1.29 is 37.0 Å². The third kappa shape index (κ3) is 5.65. The molecule has 0 radical (unpaired) electrons. The number of nitrogens with one attached hydrogen (secondary N) is 1. The summed E-state index contributed by atoms with van der Waals surface area (Å²) >= 11 is 0. The van der Waals surface area contributed by atoms with E-state index in [0.717, 1.165) is 18.2 Å². The molecule has 1 atom stereocenters. The van der Waals surface area contributed by atoms with Crippen LogP contribution in [0, 0.1) is 5.82 Å². The monoisotopic (exact) mass is 508 g/mol. The van der Waals surface area contributed by atoms with Crippen molar-refractivity contribution in [3.63, 3.8) is 0 Å². The van der Waals surface area contributed by atoms with Gasteiger partial charge in [0.2, 0.25) is 11.5 Å². The van der Waals surface area contributed by atoms with Crippen LogP contribution in [0.5, 0.6) is 5.75 Å². The van der Waals surface area contributed by atoms with E-state index in [4.69, 9.17) is 10.5 Å². The zero-order valence-corrected chi connectivity index (χ0v) is 19.4. The van der Waals surface area contributed by atoms with E-state index in [1.54, 1.807) is 14.0 Å². The van der Waals surface area contributed by atoms with E-state index in [9.17, 15) is 32.3 Å². The zero-order valence-electron chi connectivity index (χ0n) is 19.4. The molecule has 3 rings (SSSR count). The second-order valence-corrected chi connectivity index (χ2v) is 8.03. The number of alkyl halides is 3. The minimum atomic E-state index is -5.29. The molecule has 2 aromatic heterocycles. The number of carbonyl (C=O) groups is 2. The minimum Gasteiger partial charge on any atom is -0.491 e. The summed E-state index contributed by atoms with van der Waals surface area (Å²) in [6.45, 7) is 0.406. The fourth-order valence-electron chi connectivity index (χ4n) is 3.51. The number of pyridine rings is 1. The number of aliphatic hydroxyl groups is 1. The van der Waals surface area contributed by atoms with E-state index >= 15 is 0 Å². The number of aryl methyl sites for hydroxylation is 1. The summed E-state index contributed by atoms with van der Waals surface area (Å²) in [5.41, 5.74) is 0.779. The molecule has 0 aliphatic rings. The highest BCUT2D eigenvalue weighted by molar-refractivity contribution is 5.94. The number of carbonyl (C=O) groups excluding carboxylic acids is 2. The number of halogens is 4.